The van der Waals surface area contributed by atoms with Crippen LogP contribution in [-0.2, 0) is 19.3 Å². The van der Waals surface area contributed by atoms with Gasteiger partial charge >= 0.3 is 0 Å². The zero-order chi connectivity index (χ0) is 14.4. The molecule has 0 radical (unpaired) electrons. The van der Waals surface area contributed by atoms with Crippen LogP contribution in [0.3, 0.4) is 0 Å². The van der Waals surface area contributed by atoms with Crippen molar-refractivity contribution in [2.45, 2.75) is 53.9 Å². The van der Waals surface area contributed by atoms with Gasteiger partial charge in [0.25, 0.3) is 0 Å². The quantitative estimate of drug-likeness (QED) is 0.844. The summed E-state index contributed by atoms with van der Waals surface area (Å²) in [5, 5.41) is 0. The van der Waals surface area contributed by atoms with Gasteiger partial charge in [0, 0.05) is 0 Å². The molecule has 18 heavy (non-hydrogen) atoms. The van der Waals surface area contributed by atoms with Gasteiger partial charge in [0.05, 0.1) is 0 Å². The molecule has 1 rings (SSSR count). The summed E-state index contributed by atoms with van der Waals surface area (Å²) < 4.78 is 0. The van der Waals surface area contributed by atoms with E-state index in [1.807, 2.05) is 27.7 Å². The van der Waals surface area contributed by atoms with Gasteiger partial charge < -0.3 is 11.5 Å². The summed E-state index contributed by atoms with van der Waals surface area (Å²) >= 11 is 0. The summed E-state index contributed by atoms with van der Waals surface area (Å²) in [6.07, 6.45) is 3.01. The van der Waals surface area contributed by atoms with Crippen molar-refractivity contribution >= 4 is 0 Å². The van der Waals surface area contributed by atoms with Crippen LogP contribution in [0.15, 0.2) is 18.2 Å². The molecule has 1 aromatic rings. The Labute approximate surface area is 114 Å². The van der Waals surface area contributed by atoms with Crippen LogP contribution in [-0.4, -0.2) is 13.1 Å². The fourth-order valence-corrected chi connectivity index (χ4v) is 1.67. The minimum Gasteiger partial charge on any atom is -0.330 e. The maximum Gasteiger partial charge on any atom is -0.00367 e. The van der Waals surface area contributed by atoms with Crippen molar-refractivity contribution in [2.75, 3.05) is 13.1 Å². The van der Waals surface area contributed by atoms with Gasteiger partial charge in [-0.3, -0.25) is 0 Å². The second kappa shape index (κ2) is 14.2. The molecule has 2 nitrogen and oxygen atoms in total. The first-order valence-corrected chi connectivity index (χ1v) is 7.32. The molecule has 0 aliphatic rings. The molecule has 0 unspecified atom stereocenters. The summed E-state index contributed by atoms with van der Waals surface area (Å²) in [6.45, 7) is 11.6. The van der Waals surface area contributed by atoms with Crippen LogP contribution in [0.25, 0.3) is 0 Å². The third-order valence-corrected chi connectivity index (χ3v) is 2.39. The normalized spacial score (nSPS) is 8.83. The average molecular weight is 252 g/mol. The van der Waals surface area contributed by atoms with E-state index in [0.29, 0.717) is 0 Å². The van der Waals surface area contributed by atoms with Gasteiger partial charge in [-0.15, -0.1) is 0 Å². The van der Waals surface area contributed by atoms with Crippen LogP contribution in [0, 0.1) is 0 Å². The third-order valence-electron chi connectivity index (χ3n) is 2.39. The number of rotatable bonds is 5. The van der Waals surface area contributed by atoms with Crippen molar-refractivity contribution in [2.24, 2.45) is 11.5 Å². The molecule has 0 heterocycles. The van der Waals surface area contributed by atoms with Crippen molar-refractivity contribution in [1.29, 1.82) is 0 Å². The van der Waals surface area contributed by atoms with E-state index in [0.717, 1.165) is 32.4 Å². The fourth-order valence-electron chi connectivity index (χ4n) is 1.67. The smallest absolute Gasteiger partial charge is 0.00367 e. The SMILES string of the molecule is CC.CC.CCc1cc(CCN)cc(CCN)c1. The van der Waals surface area contributed by atoms with E-state index < -0.39 is 0 Å². The van der Waals surface area contributed by atoms with Crippen molar-refractivity contribution in [3.05, 3.63) is 34.9 Å². The largest absolute Gasteiger partial charge is 0.330 e. The molecular formula is C16H32N2. The Bertz CT molecular complexity index is 258. The monoisotopic (exact) mass is 252 g/mol. The van der Waals surface area contributed by atoms with Crippen LogP contribution in [0.1, 0.15) is 51.3 Å². The molecule has 4 N–H and O–H groups in total. The maximum atomic E-state index is 5.55. The highest BCUT2D eigenvalue weighted by molar-refractivity contribution is 5.30. The first-order valence-electron chi connectivity index (χ1n) is 7.32. The van der Waals surface area contributed by atoms with Gasteiger partial charge in [-0.2, -0.15) is 0 Å². The number of hydrogen-bond acceptors (Lipinski definition) is 2. The number of hydrogen-bond donors (Lipinski definition) is 2. The molecule has 0 aliphatic heterocycles. The fraction of sp³-hybridized carbons (Fsp3) is 0.625. The highest BCUT2D eigenvalue weighted by Crippen LogP contribution is 2.12. The van der Waals surface area contributed by atoms with Crippen molar-refractivity contribution in [3.63, 3.8) is 0 Å². The van der Waals surface area contributed by atoms with Crippen molar-refractivity contribution < 1.29 is 0 Å². The predicted molar refractivity (Wildman–Crippen MR) is 84.0 cm³/mol. The minimum atomic E-state index is 0.717. The van der Waals surface area contributed by atoms with Crippen molar-refractivity contribution in [1.82, 2.24) is 0 Å². The molecule has 0 aliphatic carbocycles. The van der Waals surface area contributed by atoms with E-state index in [4.69, 9.17) is 11.5 Å². The zero-order valence-electron chi connectivity index (χ0n) is 12.9. The van der Waals surface area contributed by atoms with E-state index >= 15 is 0 Å². The Hall–Kier alpha value is -0.860. The lowest BCUT2D eigenvalue weighted by Crippen LogP contribution is -2.06. The molecule has 0 amide bonds. The Morgan fingerprint density at radius 1 is 0.722 bits per heavy atom. The van der Waals surface area contributed by atoms with Crippen LogP contribution in [0.4, 0.5) is 0 Å². The molecule has 106 valence electrons. The Kier molecular flexibility index (Phi) is 15.4. The molecule has 0 atom stereocenters. The number of benzene rings is 1. The second-order valence-electron chi connectivity index (χ2n) is 3.59. The molecule has 0 fully saturated rings. The van der Waals surface area contributed by atoms with Crippen LogP contribution in [0.2, 0.25) is 0 Å². The lowest BCUT2D eigenvalue weighted by atomic mass is 10.0. The minimum absolute atomic E-state index is 0.717. The summed E-state index contributed by atoms with van der Waals surface area (Å²) in [5.74, 6) is 0. The van der Waals surface area contributed by atoms with E-state index in [1.165, 1.54) is 16.7 Å². The summed E-state index contributed by atoms with van der Waals surface area (Å²) in [6, 6.07) is 6.71. The lowest BCUT2D eigenvalue weighted by molar-refractivity contribution is 0.930. The van der Waals surface area contributed by atoms with Gasteiger partial charge in [0.1, 0.15) is 0 Å². The number of aryl methyl sites for hydroxylation is 1. The molecule has 2 heteroatoms. The molecular weight excluding hydrogens is 220 g/mol. The molecule has 0 bridgehead atoms. The first kappa shape index (κ1) is 19.5. The highest BCUT2D eigenvalue weighted by Gasteiger charge is 1.99. The van der Waals surface area contributed by atoms with Gasteiger partial charge in [0.15, 0.2) is 0 Å². The molecule has 0 saturated carbocycles. The Morgan fingerprint density at radius 3 is 1.33 bits per heavy atom. The van der Waals surface area contributed by atoms with Gasteiger partial charge in [-0.05, 0) is 49.0 Å². The van der Waals surface area contributed by atoms with Crippen LogP contribution < -0.4 is 11.5 Å². The second-order valence-corrected chi connectivity index (χ2v) is 3.59. The zero-order valence-corrected chi connectivity index (χ0v) is 12.9. The van der Waals surface area contributed by atoms with Crippen LogP contribution in [0.5, 0.6) is 0 Å². The Morgan fingerprint density at radius 2 is 1.06 bits per heavy atom. The van der Waals surface area contributed by atoms with Gasteiger partial charge in [0.2, 0.25) is 0 Å². The molecule has 0 aromatic heterocycles. The molecule has 1 aromatic carbocycles. The Balaban J connectivity index is 0. The van der Waals surface area contributed by atoms with Crippen molar-refractivity contribution in [3.8, 4) is 0 Å². The predicted octanol–water partition coefficient (Wildman–Crippen LogP) is 3.30. The topological polar surface area (TPSA) is 52.0 Å². The average Bonchev–Trinajstić information content (AvgIpc) is 2.44. The van der Waals surface area contributed by atoms with E-state index in [2.05, 4.69) is 25.1 Å². The lowest BCUT2D eigenvalue weighted by Gasteiger charge is -2.07. The van der Waals surface area contributed by atoms with Crippen LogP contribution >= 0.6 is 0 Å². The maximum absolute atomic E-state index is 5.55. The molecule has 0 spiro atoms. The molecule has 0 saturated heterocycles. The van der Waals surface area contributed by atoms with E-state index in [1.54, 1.807) is 0 Å². The summed E-state index contributed by atoms with van der Waals surface area (Å²) in [5.41, 5.74) is 15.2. The standard InChI is InChI=1S/C12H20N2.2C2H6/c1-2-10-7-11(3-5-13)9-12(8-10)4-6-14;2*1-2/h7-9H,2-6,13-14H2,1H3;2*1-2H3. The highest BCUT2D eigenvalue weighted by atomic mass is 14.5. The number of nitrogens with two attached hydrogens (primary N) is 2. The van der Waals surface area contributed by atoms with E-state index in [9.17, 15) is 0 Å². The summed E-state index contributed by atoms with van der Waals surface area (Å²) in [4.78, 5) is 0. The van der Waals surface area contributed by atoms with Gasteiger partial charge in [-0.1, -0.05) is 52.8 Å². The van der Waals surface area contributed by atoms with Gasteiger partial charge in [-0.25, -0.2) is 0 Å². The first-order chi connectivity index (χ1) is 8.80. The third kappa shape index (κ3) is 8.26. The van der Waals surface area contributed by atoms with E-state index in [-0.39, 0.29) is 0 Å². The summed E-state index contributed by atoms with van der Waals surface area (Å²) in [7, 11) is 0.